The third kappa shape index (κ3) is 5.20. The molecule has 4 nitrogen and oxygen atoms in total. The molecular formula is C14H24N2O2S. The van der Waals surface area contributed by atoms with Gasteiger partial charge in [-0.1, -0.05) is 32.0 Å². The van der Waals surface area contributed by atoms with Crippen molar-refractivity contribution in [2.24, 2.45) is 0 Å². The van der Waals surface area contributed by atoms with Gasteiger partial charge in [-0.15, -0.1) is 0 Å². The van der Waals surface area contributed by atoms with Crippen LogP contribution in [0, 0.1) is 0 Å². The number of benzene rings is 1. The van der Waals surface area contributed by atoms with E-state index in [1.165, 1.54) is 4.31 Å². The number of rotatable bonds is 8. The van der Waals surface area contributed by atoms with Crippen molar-refractivity contribution in [1.82, 2.24) is 5.32 Å². The minimum Gasteiger partial charge on any atom is -0.314 e. The maximum Gasteiger partial charge on any atom is 0.235 e. The summed E-state index contributed by atoms with van der Waals surface area (Å²) in [5.41, 5.74) is 0.738. The van der Waals surface area contributed by atoms with Crippen LogP contribution >= 0.6 is 0 Å². The van der Waals surface area contributed by atoms with Gasteiger partial charge in [0, 0.05) is 12.6 Å². The molecule has 0 saturated heterocycles. The van der Waals surface area contributed by atoms with E-state index in [4.69, 9.17) is 0 Å². The van der Waals surface area contributed by atoms with E-state index in [1.807, 2.05) is 37.3 Å². The Hall–Kier alpha value is -1.07. The van der Waals surface area contributed by atoms with Crippen LogP contribution in [0.25, 0.3) is 0 Å². The van der Waals surface area contributed by atoms with Crippen LogP contribution in [0.4, 0.5) is 5.69 Å². The van der Waals surface area contributed by atoms with Crippen molar-refractivity contribution in [1.29, 1.82) is 0 Å². The molecule has 0 aliphatic heterocycles. The van der Waals surface area contributed by atoms with Crippen LogP contribution in [-0.2, 0) is 10.0 Å². The van der Waals surface area contributed by atoms with Crippen LogP contribution in [0.3, 0.4) is 0 Å². The molecule has 0 aromatic heterocycles. The number of nitrogens with one attached hydrogen (secondary N) is 1. The van der Waals surface area contributed by atoms with Crippen molar-refractivity contribution in [3.63, 3.8) is 0 Å². The Morgan fingerprint density at radius 3 is 2.37 bits per heavy atom. The van der Waals surface area contributed by atoms with Gasteiger partial charge < -0.3 is 5.32 Å². The summed E-state index contributed by atoms with van der Waals surface area (Å²) in [6, 6.07) is 9.64. The lowest BCUT2D eigenvalue weighted by molar-refractivity contribution is 0.566. The van der Waals surface area contributed by atoms with Crippen molar-refractivity contribution < 1.29 is 8.42 Å². The fraction of sp³-hybridized carbons (Fsp3) is 0.571. The van der Waals surface area contributed by atoms with Gasteiger partial charge in [-0.2, -0.15) is 0 Å². The van der Waals surface area contributed by atoms with Gasteiger partial charge >= 0.3 is 0 Å². The third-order valence-corrected chi connectivity index (χ3v) is 4.74. The fourth-order valence-corrected chi connectivity index (χ4v) is 3.46. The van der Waals surface area contributed by atoms with Gasteiger partial charge in [0.1, 0.15) is 0 Å². The second kappa shape index (κ2) is 7.50. The smallest absolute Gasteiger partial charge is 0.235 e. The van der Waals surface area contributed by atoms with E-state index in [0.29, 0.717) is 19.0 Å². The normalized spacial score (nSPS) is 11.8. The second-order valence-corrected chi connectivity index (χ2v) is 6.79. The molecular weight excluding hydrogens is 260 g/mol. The van der Waals surface area contributed by atoms with Crippen LogP contribution in [0.2, 0.25) is 0 Å². The summed E-state index contributed by atoms with van der Waals surface area (Å²) < 4.78 is 26.1. The molecule has 0 aliphatic rings. The molecule has 0 atom stereocenters. The van der Waals surface area contributed by atoms with Gasteiger partial charge in [0.25, 0.3) is 0 Å². The van der Waals surface area contributed by atoms with E-state index in [9.17, 15) is 8.42 Å². The van der Waals surface area contributed by atoms with Crippen LogP contribution in [-0.4, -0.2) is 33.3 Å². The highest BCUT2D eigenvalue weighted by molar-refractivity contribution is 7.92. The lowest BCUT2D eigenvalue weighted by Crippen LogP contribution is -2.34. The molecule has 1 aromatic rings. The van der Waals surface area contributed by atoms with Crippen molar-refractivity contribution in [2.75, 3.05) is 23.1 Å². The van der Waals surface area contributed by atoms with Crippen LogP contribution in [0.1, 0.15) is 27.2 Å². The highest BCUT2D eigenvalue weighted by atomic mass is 32.2. The quantitative estimate of drug-likeness (QED) is 0.745. The zero-order valence-corrected chi connectivity index (χ0v) is 12.8. The molecule has 0 radical (unpaired) electrons. The number of hydrogen-bond acceptors (Lipinski definition) is 3. The largest absolute Gasteiger partial charge is 0.314 e. The first-order valence-electron chi connectivity index (χ1n) is 6.76. The topological polar surface area (TPSA) is 49.4 Å². The molecule has 1 rings (SSSR count). The number of anilines is 1. The molecule has 1 aromatic carbocycles. The molecule has 19 heavy (non-hydrogen) atoms. The monoisotopic (exact) mass is 284 g/mol. The maximum atomic E-state index is 12.3. The van der Waals surface area contributed by atoms with Crippen molar-refractivity contribution in [3.05, 3.63) is 30.3 Å². The molecule has 108 valence electrons. The fourth-order valence-electron chi connectivity index (χ4n) is 1.89. The number of nitrogens with zero attached hydrogens (tertiary/aromatic N) is 1. The highest BCUT2D eigenvalue weighted by Gasteiger charge is 2.20. The summed E-state index contributed by atoms with van der Waals surface area (Å²) in [7, 11) is -3.23. The van der Waals surface area contributed by atoms with Crippen molar-refractivity contribution >= 4 is 15.7 Å². The summed E-state index contributed by atoms with van der Waals surface area (Å²) in [6.07, 6.45) is 0.629. The summed E-state index contributed by atoms with van der Waals surface area (Å²) >= 11 is 0. The van der Waals surface area contributed by atoms with Crippen LogP contribution in [0.15, 0.2) is 30.3 Å². The molecule has 0 heterocycles. The second-order valence-electron chi connectivity index (χ2n) is 4.78. The third-order valence-electron chi connectivity index (χ3n) is 2.80. The van der Waals surface area contributed by atoms with E-state index in [2.05, 4.69) is 19.2 Å². The molecule has 1 N–H and O–H groups in total. The standard InChI is InChI=1S/C14H24N2O2S/c1-4-16(14-9-6-5-7-10-14)19(17,18)12-8-11-15-13(2)3/h5-7,9-10,13,15H,4,8,11-12H2,1-3H3. The Morgan fingerprint density at radius 2 is 1.84 bits per heavy atom. The summed E-state index contributed by atoms with van der Waals surface area (Å²) in [5, 5.41) is 3.23. The molecule has 0 unspecified atom stereocenters. The Morgan fingerprint density at radius 1 is 1.21 bits per heavy atom. The number of hydrogen-bond donors (Lipinski definition) is 1. The van der Waals surface area contributed by atoms with Gasteiger partial charge in [-0.05, 0) is 32.0 Å². The molecule has 0 bridgehead atoms. The molecule has 0 spiro atoms. The molecule has 0 saturated carbocycles. The Kier molecular flexibility index (Phi) is 6.31. The Bertz CT molecular complexity index is 458. The predicted molar refractivity (Wildman–Crippen MR) is 81.0 cm³/mol. The van der Waals surface area contributed by atoms with Gasteiger partial charge in [0.05, 0.1) is 11.4 Å². The molecule has 5 heteroatoms. The van der Waals surface area contributed by atoms with Crippen molar-refractivity contribution in [2.45, 2.75) is 33.2 Å². The average molecular weight is 284 g/mol. The average Bonchev–Trinajstić information content (AvgIpc) is 2.36. The van der Waals surface area contributed by atoms with Gasteiger partial charge in [-0.3, -0.25) is 4.31 Å². The zero-order chi connectivity index (χ0) is 14.3. The summed E-state index contributed by atoms with van der Waals surface area (Å²) in [4.78, 5) is 0. The number of sulfonamides is 1. The highest BCUT2D eigenvalue weighted by Crippen LogP contribution is 2.17. The van der Waals surface area contributed by atoms with E-state index in [-0.39, 0.29) is 5.75 Å². The lowest BCUT2D eigenvalue weighted by Gasteiger charge is -2.23. The van der Waals surface area contributed by atoms with Gasteiger partial charge in [0.2, 0.25) is 10.0 Å². The first kappa shape index (κ1) is 16.0. The van der Waals surface area contributed by atoms with Crippen LogP contribution < -0.4 is 9.62 Å². The lowest BCUT2D eigenvalue weighted by atomic mass is 10.3. The van der Waals surface area contributed by atoms with Crippen molar-refractivity contribution in [3.8, 4) is 0 Å². The summed E-state index contributed by atoms with van der Waals surface area (Å²) in [6.45, 7) is 7.15. The summed E-state index contributed by atoms with van der Waals surface area (Å²) in [5.74, 6) is 0.176. The molecule has 0 aliphatic carbocycles. The predicted octanol–water partition coefficient (Wildman–Crippen LogP) is 2.23. The van der Waals surface area contributed by atoms with E-state index >= 15 is 0 Å². The zero-order valence-electron chi connectivity index (χ0n) is 12.0. The van der Waals surface area contributed by atoms with E-state index in [1.54, 1.807) is 0 Å². The maximum absolute atomic E-state index is 12.3. The van der Waals surface area contributed by atoms with E-state index < -0.39 is 10.0 Å². The van der Waals surface area contributed by atoms with E-state index in [0.717, 1.165) is 12.2 Å². The minimum atomic E-state index is -3.23. The van der Waals surface area contributed by atoms with Gasteiger partial charge in [0.15, 0.2) is 0 Å². The molecule has 0 amide bonds. The van der Waals surface area contributed by atoms with Gasteiger partial charge in [-0.25, -0.2) is 8.42 Å². The minimum absolute atomic E-state index is 0.176. The Balaban J connectivity index is 2.64. The Labute approximate surface area is 116 Å². The first-order chi connectivity index (χ1) is 8.97. The number of para-hydroxylation sites is 1. The van der Waals surface area contributed by atoms with Crippen LogP contribution in [0.5, 0.6) is 0 Å². The molecule has 0 fully saturated rings. The first-order valence-corrected chi connectivity index (χ1v) is 8.37. The SMILES string of the molecule is CCN(c1ccccc1)S(=O)(=O)CCCNC(C)C.